The molecule has 0 aliphatic carbocycles. The number of esters is 1. The van der Waals surface area contributed by atoms with Crippen LogP contribution in [0.2, 0.25) is 5.02 Å². The molecule has 6 nitrogen and oxygen atoms in total. The summed E-state index contributed by atoms with van der Waals surface area (Å²) < 4.78 is 23.8. The highest BCUT2D eigenvalue weighted by Gasteiger charge is 2.35. The fourth-order valence-electron chi connectivity index (χ4n) is 3.19. The zero-order valence-corrected chi connectivity index (χ0v) is 19.4. The van der Waals surface area contributed by atoms with E-state index in [1.807, 2.05) is 0 Å². The fraction of sp³-hybridized carbons (Fsp3) is 0.0800. The molecule has 172 valence electrons. The summed E-state index contributed by atoms with van der Waals surface area (Å²) in [4.78, 5) is 39.0. The Kier molecular flexibility index (Phi) is 7.00. The van der Waals surface area contributed by atoms with Crippen LogP contribution in [0, 0.1) is 5.82 Å². The van der Waals surface area contributed by atoms with Gasteiger partial charge in [-0.1, -0.05) is 35.9 Å². The summed E-state index contributed by atoms with van der Waals surface area (Å²) in [6.07, 6.45) is 1.56. The second-order valence-corrected chi connectivity index (χ2v) is 8.57. The summed E-state index contributed by atoms with van der Waals surface area (Å²) in [7, 11) is 1.41. The SMILES string of the molecule is COc1cc(/C=C2\SC(=O)N(Cc3ccccc3Cl)C2=O)ccc1OC(=O)c1ccc(F)cc1. The molecule has 4 rings (SSSR count). The molecule has 0 atom stereocenters. The first-order valence-corrected chi connectivity index (χ1v) is 11.2. The van der Waals surface area contributed by atoms with E-state index in [1.165, 1.54) is 25.3 Å². The monoisotopic (exact) mass is 497 g/mol. The first kappa shape index (κ1) is 23.5. The largest absolute Gasteiger partial charge is 0.493 e. The van der Waals surface area contributed by atoms with E-state index in [0.29, 0.717) is 16.1 Å². The number of rotatable bonds is 6. The Morgan fingerprint density at radius 1 is 1.06 bits per heavy atom. The van der Waals surface area contributed by atoms with Gasteiger partial charge in [0, 0.05) is 5.02 Å². The first-order valence-electron chi connectivity index (χ1n) is 10.0. The Morgan fingerprint density at radius 3 is 2.50 bits per heavy atom. The Hall–Kier alpha value is -3.62. The summed E-state index contributed by atoms with van der Waals surface area (Å²) in [5, 5.41) is 0.0778. The minimum atomic E-state index is -0.674. The van der Waals surface area contributed by atoms with Crippen molar-refractivity contribution in [1.29, 1.82) is 0 Å². The lowest BCUT2D eigenvalue weighted by atomic mass is 10.1. The molecule has 1 aliphatic heterocycles. The number of thioether (sulfide) groups is 1. The molecular formula is C25H17ClFNO5S. The molecule has 9 heteroatoms. The number of halogens is 2. The molecule has 1 aliphatic rings. The van der Waals surface area contributed by atoms with Gasteiger partial charge in [-0.2, -0.15) is 0 Å². The molecule has 0 saturated carbocycles. The van der Waals surface area contributed by atoms with Crippen molar-refractivity contribution in [2.75, 3.05) is 7.11 Å². The van der Waals surface area contributed by atoms with Crippen LogP contribution in [0.5, 0.6) is 11.5 Å². The van der Waals surface area contributed by atoms with E-state index < -0.39 is 22.9 Å². The average molecular weight is 498 g/mol. The van der Waals surface area contributed by atoms with Gasteiger partial charge in [-0.05, 0) is 71.4 Å². The molecule has 2 amide bonds. The van der Waals surface area contributed by atoms with Crippen molar-refractivity contribution in [2.24, 2.45) is 0 Å². The molecule has 0 N–H and O–H groups in total. The van der Waals surface area contributed by atoms with Crippen LogP contribution in [0.25, 0.3) is 6.08 Å². The van der Waals surface area contributed by atoms with Gasteiger partial charge < -0.3 is 9.47 Å². The molecule has 3 aromatic carbocycles. The van der Waals surface area contributed by atoms with E-state index in [4.69, 9.17) is 21.1 Å². The lowest BCUT2D eigenvalue weighted by molar-refractivity contribution is -0.123. The van der Waals surface area contributed by atoms with E-state index in [-0.39, 0.29) is 28.5 Å². The third-order valence-electron chi connectivity index (χ3n) is 4.93. The predicted molar refractivity (Wildman–Crippen MR) is 127 cm³/mol. The van der Waals surface area contributed by atoms with Crippen LogP contribution in [0.15, 0.2) is 71.6 Å². The lowest BCUT2D eigenvalue weighted by Crippen LogP contribution is -2.27. The second-order valence-electron chi connectivity index (χ2n) is 7.17. The quantitative estimate of drug-likeness (QED) is 0.238. The van der Waals surface area contributed by atoms with Crippen LogP contribution in [0.1, 0.15) is 21.5 Å². The lowest BCUT2D eigenvalue weighted by Gasteiger charge is -2.13. The van der Waals surface area contributed by atoms with Gasteiger partial charge in [0.25, 0.3) is 11.1 Å². The second kappa shape index (κ2) is 10.1. The van der Waals surface area contributed by atoms with E-state index in [2.05, 4.69) is 0 Å². The van der Waals surface area contributed by atoms with Gasteiger partial charge in [0.05, 0.1) is 24.1 Å². The zero-order valence-electron chi connectivity index (χ0n) is 17.8. The number of benzene rings is 3. The molecule has 1 heterocycles. The molecule has 0 aromatic heterocycles. The van der Waals surface area contributed by atoms with Crippen molar-refractivity contribution >= 4 is 46.6 Å². The maximum Gasteiger partial charge on any atom is 0.343 e. The Balaban J connectivity index is 1.52. The molecule has 1 fully saturated rings. The zero-order chi connectivity index (χ0) is 24.2. The van der Waals surface area contributed by atoms with Gasteiger partial charge in [-0.15, -0.1) is 0 Å². The van der Waals surface area contributed by atoms with Gasteiger partial charge in [0.1, 0.15) is 5.82 Å². The van der Waals surface area contributed by atoms with Gasteiger partial charge in [-0.25, -0.2) is 9.18 Å². The molecule has 0 bridgehead atoms. The first-order chi connectivity index (χ1) is 16.4. The summed E-state index contributed by atoms with van der Waals surface area (Å²) in [5.41, 5.74) is 1.42. The number of hydrogen-bond donors (Lipinski definition) is 0. The maximum absolute atomic E-state index is 13.1. The number of amides is 2. The van der Waals surface area contributed by atoms with Crippen LogP contribution >= 0.6 is 23.4 Å². The Bertz CT molecular complexity index is 1310. The van der Waals surface area contributed by atoms with E-state index in [9.17, 15) is 18.8 Å². The Labute approximate surface area is 203 Å². The molecular weight excluding hydrogens is 481 g/mol. The van der Waals surface area contributed by atoms with Crippen molar-refractivity contribution in [3.8, 4) is 11.5 Å². The number of ether oxygens (including phenoxy) is 2. The molecule has 0 unspecified atom stereocenters. The topological polar surface area (TPSA) is 72.9 Å². The maximum atomic E-state index is 13.1. The van der Waals surface area contributed by atoms with E-state index in [0.717, 1.165) is 28.8 Å². The van der Waals surface area contributed by atoms with Crippen LogP contribution in [-0.2, 0) is 11.3 Å². The molecule has 1 saturated heterocycles. The van der Waals surface area contributed by atoms with Crippen LogP contribution in [0.4, 0.5) is 9.18 Å². The van der Waals surface area contributed by atoms with Crippen LogP contribution < -0.4 is 9.47 Å². The van der Waals surface area contributed by atoms with Crippen molar-refractivity contribution < 1.29 is 28.2 Å². The molecule has 3 aromatic rings. The van der Waals surface area contributed by atoms with E-state index in [1.54, 1.807) is 42.5 Å². The summed E-state index contributed by atoms with van der Waals surface area (Å²) in [6, 6.07) is 16.7. The summed E-state index contributed by atoms with van der Waals surface area (Å²) in [6.45, 7) is 0.0727. The molecule has 0 radical (unpaired) electrons. The third kappa shape index (κ3) is 5.13. The number of carbonyl (C=O) groups excluding carboxylic acids is 3. The minimum Gasteiger partial charge on any atom is -0.493 e. The third-order valence-corrected chi connectivity index (χ3v) is 6.20. The molecule has 34 heavy (non-hydrogen) atoms. The normalized spacial score (nSPS) is 14.6. The van der Waals surface area contributed by atoms with E-state index >= 15 is 0 Å². The Morgan fingerprint density at radius 2 is 1.79 bits per heavy atom. The number of imide groups is 1. The number of hydrogen-bond acceptors (Lipinski definition) is 6. The highest BCUT2D eigenvalue weighted by atomic mass is 35.5. The highest BCUT2D eigenvalue weighted by molar-refractivity contribution is 8.18. The molecule has 0 spiro atoms. The summed E-state index contributed by atoms with van der Waals surface area (Å²) in [5.74, 6) is -1.16. The highest BCUT2D eigenvalue weighted by Crippen LogP contribution is 2.36. The number of methoxy groups -OCH3 is 1. The standard InChI is InChI=1S/C25H17ClFNO5S/c1-32-21-12-15(6-11-20(21)33-24(30)16-7-9-18(27)10-8-16)13-22-23(29)28(25(31)34-22)14-17-4-2-3-5-19(17)26/h2-13H,14H2,1H3/b22-13-. The minimum absolute atomic E-state index is 0.0727. The van der Waals surface area contributed by atoms with Gasteiger partial charge in [-0.3, -0.25) is 14.5 Å². The number of nitrogens with zero attached hydrogens (tertiary/aromatic N) is 1. The van der Waals surface area contributed by atoms with Crippen LogP contribution in [0.3, 0.4) is 0 Å². The van der Waals surface area contributed by atoms with Crippen LogP contribution in [-0.4, -0.2) is 29.1 Å². The smallest absolute Gasteiger partial charge is 0.343 e. The van der Waals surface area contributed by atoms with Crippen molar-refractivity contribution in [2.45, 2.75) is 6.54 Å². The van der Waals surface area contributed by atoms with Crippen molar-refractivity contribution in [3.05, 3.63) is 99.2 Å². The van der Waals surface area contributed by atoms with Crippen molar-refractivity contribution in [3.63, 3.8) is 0 Å². The average Bonchev–Trinajstić information content (AvgIpc) is 3.09. The number of carbonyl (C=O) groups is 3. The van der Waals surface area contributed by atoms with Gasteiger partial charge >= 0.3 is 5.97 Å². The van der Waals surface area contributed by atoms with Crippen molar-refractivity contribution in [1.82, 2.24) is 4.90 Å². The fourth-order valence-corrected chi connectivity index (χ4v) is 4.22. The predicted octanol–water partition coefficient (Wildman–Crippen LogP) is 5.94. The van der Waals surface area contributed by atoms with Gasteiger partial charge in [0.2, 0.25) is 0 Å². The summed E-state index contributed by atoms with van der Waals surface area (Å²) >= 11 is 6.98. The van der Waals surface area contributed by atoms with Gasteiger partial charge in [0.15, 0.2) is 11.5 Å².